The van der Waals surface area contributed by atoms with Crippen LogP contribution in [0.3, 0.4) is 0 Å². The monoisotopic (exact) mass is 277 g/mol. The topological polar surface area (TPSA) is 67.6 Å². The molecule has 0 bridgehead atoms. The summed E-state index contributed by atoms with van der Waals surface area (Å²) in [7, 11) is 1.37. The minimum Gasteiger partial charge on any atom is -0.468 e. The van der Waals surface area contributed by atoms with Crippen molar-refractivity contribution in [2.45, 2.75) is 19.0 Å². The lowest BCUT2D eigenvalue weighted by Gasteiger charge is -2.28. The summed E-state index contributed by atoms with van der Waals surface area (Å²) in [5.41, 5.74) is 8.24. The van der Waals surface area contributed by atoms with E-state index in [1.165, 1.54) is 12.7 Å². The van der Waals surface area contributed by atoms with Crippen LogP contribution in [0.1, 0.15) is 11.1 Å². The molecule has 5 nitrogen and oxygen atoms in total. The highest BCUT2D eigenvalue weighted by Crippen LogP contribution is 2.14. The van der Waals surface area contributed by atoms with E-state index in [0.717, 1.165) is 38.3 Å². The van der Waals surface area contributed by atoms with E-state index in [-0.39, 0.29) is 5.97 Å². The zero-order valence-corrected chi connectivity index (χ0v) is 12.0. The molecule has 1 fully saturated rings. The zero-order chi connectivity index (χ0) is 14.4. The number of benzene rings is 1. The fourth-order valence-electron chi connectivity index (χ4n) is 2.49. The van der Waals surface area contributed by atoms with E-state index in [1.807, 2.05) is 18.2 Å². The number of piperazine rings is 1. The summed E-state index contributed by atoms with van der Waals surface area (Å²) in [5.74, 6) is -0.359. The van der Waals surface area contributed by atoms with Crippen LogP contribution in [0, 0.1) is 0 Å². The van der Waals surface area contributed by atoms with Crippen molar-refractivity contribution in [1.29, 1.82) is 0 Å². The molecule has 1 aromatic carbocycles. The number of hydrogen-bond donors (Lipinski definition) is 2. The SMILES string of the molecule is COC(=O)[C@H](N)Cc1ccccc1CN1CCNCC1. The highest BCUT2D eigenvalue weighted by molar-refractivity contribution is 5.75. The van der Waals surface area contributed by atoms with Crippen molar-refractivity contribution in [2.24, 2.45) is 5.73 Å². The third kappa shape index (κ3) is 4.03. The Hall–Kier alpha value is -1.43. The van der Waals surface area contributed by atoms with E-state index in [4.69, 9.17) is 10.5 Å². The number of hydrogen-bond acceptors (Lipinski definition) is 5. The lowest BCUT2D eigenvalue weighted by atomic mass is 10.00. The van der Waals surface area contributed by atoms with Gasteiger partial charge in [-0.1, -0.05) is 24.3 Å². The Bertz CT molecular complexity index is 444. The summed E-state index contributed by atoms with van der Waals surface area (Å²) >= 11 is 0. The maximum atomic E-state index is 11.5. The van der Waals surface area contributed by atoms with Gasteiger partial charge in [-0.3, -0.25) is 9.69 Å². The second-order valence-corrected chi connectivity index (χ2v) is 5.13. The molecule has 1 aliphatic rings. The normalized spacial score (nSPS) is 17.7. The second kappa shape index (κ2) is 7.38. The quantitative estimate of drug-likeness (QED) is 0.749. The molecule has 1 aromatic rings. The Morgan fingerprint density at radius 2 is 2.00 bits per heavy atom. The van der Waals surface area contributed by atoms with E-state index in [9.17, 15) is 4.79 Å². The number of nitrogens with two attached hydrogens (primary N) is 1. The van der Waals surface area contributed by atoms with Gasteiger partial charge >= 0.3 is 5.97 Å². The van der Waals surface area contributed by atoms with Crippen molar-refractivity contribution in [3.8, 4) is 0 Å². The maximum Gasteiger partial charge on any atom is 0.322 e. The maximum absolute atomic E-state index is 11.5. The molecule has 0 aliphatic carbocycles. The lowest BCUT2D eigenvalue weighted by Crippen LogP contribution is -2.43. The molecule has 0 radical (unpaired) electrons. The first-order valence-electron chi connectivity index (χ1n) is 7.04. The van der Waals surface area contributed by atoms with Crippen LogP contribution < -0.4 is 11.1 Å². The number of nitrogens with one attached hydrogen (secondary N) is 1. The Morgan fingerprint density at radius 3 is 2.65 bits per heavy atom. The van der Waals surface area contributed by atoms with Crippen molar-refractivity contribution < 1.29 is 9.53 Å². The molecule has 3 N–H and O–H groups in total. The van der Waals surface area contributed by atoms with Crippen LogP contribution in [0.15, 0.2) is 24.3 Å². The standard InChI is InChI=1S/C15H23N3O2/c1-20-15(19)14(16)10-12-4-2-3-5-13(12)11-18-8-6-17-7-9-18/h2-5,14,17H,6-11,16H2,1H3/t14-/m1/s1. The summed E-state index contributed by atoms with van der Waals surface area (Å²) in [5, 5.41) is 3.35. The van der Waals surface area contributed by atoms with Crippen LogP contribution in [0.4, 0.5) is 0 Å². The number of methoxy groups -OCH3 is 1. The van der Waals surface area contributed by atoms with Gasteiger partial charge < -0.3 is 15.8 Å². The third-order valence-electron chi connectivity index (χ3n) is 3.67. The smallest absolute Gasteiger partial charge is 0.322 e. The molecule has 2 rings (SSSR count). The molecule has 1 heterocycles. The summed E-state index contributed by atoms with van der Waals surface area (Å²) in [6.07, 6.45) is 0.523. The third-order valence-corrected chi connectivity index (χ3v) is 3.67. The van der Waals surface area contributed by atoms with Gasteiger partial charge in [-0.25, -0.2) is 0 Å². The summed E-state index contributed by atoms with van der Waals surface area (Å²) in [4.78, 5) is 13.9. The number of carbonyl (C=O) groups excluding carboxylic acids is 1. The molecule has 0 amide bonds. The fraction of sp³-hybridized carbons (Fsp3) is 0.533. The van der Waals surface area contributed by atoms with Crippen LogP contribution in [0.5, 0.6) is 0 Å². The molecule has 0 spiro atoms. The van der Waals surface area contributed by atoms with Gasteiger partial charge in [-0.2, -0.15) is 0 Å². The van der Waals surface area contributed by atoms with Crippen LogP contribution in [-0.4, -0.2) is 50.2 Å². The molecule has 0 aromatic heterocycles. The molecule has 0 unspecified atom stereocenters. The summed E-state index contributed by atoms with van der Waals surface area (Å²) < 4.78 is 4.69. The largest absolute Gasteiger partial charge is 0.468 e. The highest BCUT2D eigenvalue weighted by Gasteiger charge is 2.17. The Balaban J connectivity index is 2.03. The van der Waals surface area contributed by atoms with E-state index in [1.54, 1.807) is 0 Å². The second-order valence-electron chi connectivity index (χ2n) is 5.13. The average Bonchev–Trinajstić information content (AvgIpc) is 2.49. The van der Waals surface area contributed by atoms with Crippen molar-refractivity contribution in [1.82, 2.24) is 10.2 Å². The average molecular weight is 277 g/mol. The Kier molecular flexibility index (Phi) is 5.52. The van der Waals surface area contributed by atoms with Gasteiger partial charge in [0.2, 0.25) is 0 Å². The Labute approximate surface area is 120 Å². The predicted octanol–water partition coefficient (Wildman–Crippen LogP) is 0.135. The number of ether oxygens (including phenoxy) is 1. The van der Waals surface area contributed by atoms with Crippen molar-refractivity contribution in [2.75, 3.05) is 33.3 Å². The lowest BCUT2D eigenvalue weighted by molar-refractivity contribution is -0.142. The minimum atomic E-state index is -0.593. The molecule has 20 heavy (non-hydrogen) atoms. The number of esters is 1. The van der Waals surface area contributed by atoms with Gasteiger partial charge in [0, 0.05) is 32.7 Å². The summed E-state index contributed by atoms with van der Waals surface area (Å²) in [6.45, 7) is 5.08. The number of carbonyl (C=O) groups is 1. The van der Waals surface area contributed by atoms with Crippen molar-refractivity contribution >= 4 is 5.97 Å². The van der Waals surface area contributed by atoms with E-state index in [0.29, 0.717) is 6.42 Å². The first kappa shape index (κ1) is 15.0. The molecule has 0 saturated carbocycles. The molecule has 1 aliphatic heterocycles. The van der Waals surface area contributed by atoms with E-state index < -0.39 is 6.04 Å². The Morgan fingerprint density at radius 1 is 1.35 bits per heavy atom. The molecule has 5 heteroatoms. The number of rotatable bonds is 5. The molecule has 110 valence electrons. The molecular formula is C15H23N3O2. The highest BCUT2D eigenvalue weighted by atomic mass is 16.5. The van der Waals surface area contributed by atoms with Crippen molar-refractivity contribution in [3.05, 3.63) is 35.4 Å². The first-order valence-corrected chi connectivity index (χ1v) is 7.04. The molecule has 1 atom stereocenters. The van der Waals surface area contributed by atoms with E-state index in [2.05, 4.69) is 16.3 Å². The van der Waals surface area contributed by atoms with Crippen LogP contribution in [0.2, 0.25) is 0 Å². The van der Waals surface area contributed by atoms with Gasteiger partial charge in [0.1, 0.15) is 6.04 Å². The zero-order valence-electron chi connectivity index (χ0n) is 12.0. The minimum absolute atomic E-state index is 0.359. The van der Waals surface area contributed by atoms with Gasteiger partial charge in [-0.05, 0) is 17.5 Å². The van der Waals surface area contributed by atoms with E-state index >= 15 is 0 Å². The summed E-state index contributed by atoms with van der Waals surface area (Å²) in [6, 6.07) is 7.58. The van der Waals surface area contributed by atoms with Crippen LogP contribution in [0.25, 0.3) is 0 Å². The van der Waals surface area contributed by atoms with Crippen LogP contribution >= 0.6 is 0 Å². The number of nitrogens with zero attached hydrogens (tertiary/aromatic N) is 1. The fourth-order valence-corrected chi connectivity index (χ4v) is 2.49. The van der Waals surface area contributed by atoms with Crippen molar-refractivity contribution in [3.63, 3.8) is 0 Å². The van der Waals surface area contributed by atoms with Crippen LogP contribution in [-0.2, 0) is 22.5 Å². The van der Waals surface area contributed by atoms with Gasteiger partial charge in [0.05, 0.1) is 7.11 Å². The molecule has 1 saturated heterocycles. The predicted molar refractivity (Wildman–Crippen MR) is 78.3 cm³/mol. The molecular weight excluding hydrogens is 254 g/mol. The first-order chi connectivity index (χ1) is 9.70. The van der Waals surface area contributed by atoms with Gasteiger partial charge in [0.15, 0.2) is 0 Å². The van der Waals surface area contributed by atoms with Gasteiger partial charge in [0.25, 0.3) is 0 Å². The van der Waals surface area contributed by atoms with Gasteiger partial charge in [-0.15, -0.1) is 0 Å².